The van der Waals surface area contributed by atoms with Gasteiger partial charge in [-0.05, 0) is 42.3 Å². The molecule has 3 heterocycles. The van der Waals surface area contributed by atoms with E-state index in [4.69, 9.17) is 0 Å². The number of thiazole rings is 1. The number of hydrogen-bond donors (Lipinski definition) is 1. The van der Waals surface area contributed by atoms with Gasteiger partial charge in [-0.1, -0.05) is 42.5 Å². The summed E-state index contributed by atoms with van der Waals surface area (Å²) in [6.07, 6.45) is 1.72. The van der Waals surface area contributed by atoms with Crippen LogP contribution in [-0.4, -0.2) is 24.1 Å². The van der Waals surface area contributed by atoms with Crippen LogP contribution in [0.5, 0.6) is 0 Å². The Bertz CT molecular complexity index is 1460. The molecule has 2 aromatic carbocycles. The molecule has 0 atom stereocenters. The van der Waals surface area contributed by atoms with E-state index in [1.54, 1.807) is 18.4 Å². The van der Waals surface area contributed by atoms with E-state index in [0.717, 1.165) is 27.4 Å². The van der Waals surface area contributed by atoms with Crippen LogP contribution >= 0.6 is 23.1 Å². The summed E-state index contributed by atoms with van der Waals surface area (Å²) < 4.78 is 5.24. The van der Waals surface area contributed by atoms with Gasteiger partial charge in [0, 0.05) is 13.6 Å². The molecule has 0 saturated carbocycles. The van der Waals surface area contributed by atoms with E-state index >= 15 is 0 Å². The number of para-hydroxylation sites is 1. The van der Waals surface area contributed by atoms with Crippen molar-refractivity contribution in [2.24, 2.45) is 7.05 Å². The van der Waals surface area contributed by atoms with Crippen molar-refractivity contribution in [3.05, 3.63) is 81.0 Å². The van der Waals surface area contributed by atoms with Gasteiger partial charge < -0.3 is 4.57 Å². The van der Waals surface area contributed by atoms with Gasteiger partial charge in [-0.25, -0.2) is 14.8 Å². The molecule has 0 aliphatic heterocycles. The summed E-state index contributed by atoms with van der Waals surface area (Å²) in [5.74, 6) is 0. The smallest absolute Gasteiger partial charge is 0.313 e. The van der Waals surface area contributed by atoms with Gasteiger partial charge in [-0.3, -0.25) is 14.3 Å². The standard InChI is InChI=1S/C22H19N5O2S2/c1-26-18-17(19(28)25-20(26)29)27(13-7-10-14-8-3-2-4-9-14)21(24-18)31-22-23-15-11-5-6-12-16(15)30-22/h2-6,8-9,11-12H,7,10,13H2,1H3,(H,25,28,29). The van der Waals surface area contributed by atoms with Gasteiger partial charge in [-0.15, -0.1) is 11.3 Å². The highest BCUT2D eigenvalue weighted by Crippen LogP contribution is 2.34. The first-order chi connectivity index (χ1) is 15.1. The third-order valence-electron chi connectivity index (χ3n) is 5.11. The van der Waals surface area contributed by atoms with E-state index in [0.29, 0.717) is 22.9 Å². The number of imidazole rings is 1. The molecule has 0 aliphatic rings. The molecular formula is C22H19N5O2S2. The molecule has 5 rings (SSSR count). The molecule has 0 spiro atoms. The van der Waals surface area contributed by atoms with E-state index in [2.05, 4.69) is 27.1 Å². The van der Waals surface area contributed by atoms with Gasteiger partial charge in [0.1, 0.15) is 0 Å². The van der Waals surface area contributed by atoms with Gasteiger partial charge in [0.25, 0.3) is 5.56 Å². The van der Waals surface area contributed by atoms with Crippen molar-refractivity contribution in [1.29, 1.82) is 0 Å². The normalized spacial score (nSPS) is 11.5. The van der Waals surface area contributed by atoms with Gasteiger partial charge in [0.2, 0.25) is 0 Å². The van der Waals surface area contributed by atoms with Crippen LogP contribution in [-0.2, 0) is 20.0 Å². The lowest BCUT2D eigenvalue weighted by Gasteiger charge is -2.08. The predicted molar refractivity (Wildman–Crippen MR) is 124 cm³/mol. The van der Waals surface area contributed by atoms with Gasteiger partial charge in [0.05, 0.1) is 10.2 Å². The molecule has 0 radical (unpaired) electrons. The fourth-order valence-electron chi connectivity index (χ4n) is 3.56. The lowest BCUT2D eigenvalue weighted by atomic mass is 10.1. The van der Waals surface area contributed by atoms with E-state index in [-0.39, 0.29) is 0 Å². The molecule has 31 heavy (non-hydrogen) atoms. The lowest BCUT2D eigenvalue weighted by molar-refractivity contribution is 0.608. The summed E-state index contributed by atoms with van der Waals surface area (Å²) in [4.78, 5) is 36.5. The predicted octanol–water partition coefficient (Wildman–Crippen LogP) is 3.82. The molecule has 7 nitrogen and oxygen atoms in total. The zero-order valence-corrected chi connectivity index (χ0v) is 18.4. The summed E-state index contributed by atoms with van der Waals surface area (Å²) in [5, 5.41) is 0.661. The average Bonchev–Trinajstić information content (AvgIpc) is 3.34. The number of benzene rings is 2. The fraction of sp³-hybridized carbons (Fsp3) is 0.182. The zero-order valence-electron chi connectivity index (χ0n) is 16.7. The van der Waals surface area contributed by atoms with E-state index in [1.807, 2.05) is 47.0 Å². The van der Waals surface area contributed by atoms with Crippen molar-refractivity contribution in [2.45, 2.75) is 28.9 Å². The highest BCUT2D eigenvalue weighted by molar-refractivity contribution is 8.01. The molecule has 156 valence electrons. The summed E-state index contributed by atoms with van der Waals surface area (Å²) in [6.45, 7) is 0.611. The second-order valence-corrected chi connectivity index (χ2v) is 9.42. The number of nitrogens with zero attached hydrogens (tertiary/aromatic N) is 4. The van der Waals surface area contributed by atoms with Crippen LogP contribution in [0.3, 0.4) is 0 Å². The molecule has 0 aliphatic carbocycles. The molecule has 0 fully saturated rings. The van der Waals surface area contributed by atoms with Gasteiger partial charge >= 0.3 is 5.69 Å². The molecule has 3 aromatic heterocycles. The molecule has 0 amide bonds. The molecule has 5 aromatic rings. The van der Waals surface area contributed by atoms with Gasteiger partial charge in [0.15, 0.2) is 20.7 Å². The van der Waals surface area contributed by atoms with Crippen molar-refractivity contribution in [3.8, 4) is 0 Å². The molecule has 0 bridgehead atoms. The minimum absolute atomic E-state index is 0.386. The Morgan fingerprint density at radius 1 is 1.03 bits per heavy atom. The van der Waals surface area contributed by atoms with Crippen molar-refractivity contribution in [1.82, 2.24) is 24.1 Å². The quantitative estimate of drug-likeness (QED) is 0.426. The fourth-order valence-corrected chi connectivity index (χ4v) is 5.64. The van der Waals surface area contributed by atoms with Crippen LogP contribution in [0.15, 0.2) is 73.7 Å². The molecule has 0 unspecified atom stereocenters. The van der Waals surface area contributed by atoms with Crippen molar-refractivity contribution < 1.29 is 0 Å². The van der Waals surface area contributed by atoms with Crippen LogP contribution in [0, 0.1) is 0 Å². The molecule has 0 saturated heterocycles. The number of fused-ring (bicyclic) bond motifs is 2. The van der Waals surface area contributed by atoms with E-state index in [9.17, 15) is 9.59 Å². The highest BCUT2D eigenvalue weighted by Gasteiger charge is 2.19. The second kappa shape index (κ2) is 8.16. The summed E-state index contributed by atoms with van der Waals surface area (Å²) in [6, 6.07) is 18.2. The first-order valence-corrected chi connectivity index (χ1v) is 11.5. The Kier molecular flexibility index (Phi) is 5.21. The van der Waals surface area contributed by atoms with Crippen molar-refractivity contribution in [2.75, 3.05) is 0 Å². The van der Waals surface area contributed by atoms with Crippen LogP contribution in [0.4, 0.5) is 0 Å². The Balaban J connectivity index is 1.54. The average molecular weight is 450 g/mol. The van der Waals surface area contributed by atoms with Crippen molar-refractivity contribution >= 4 is 44.5 Å². The molecule has 9 heteroatoms. The summed E-state index contributed by atoms with van der Waals surface area (Å²) in [7, 11) is 1.62. The van der Waals surface area contributed by atoms with Crippen LogP contribution in [0.1, 0.15) is 12.0 Å². The van der Waals surface area contributed by atoms with Crippen LogP contribution in [0.25, 0.3) is 21.4 Å². The SMILES string of the molecule is Cn1c(=O)[nH]c(=O)c2c1nc(Sc1nc3ccccc3s1)n2CCCc1ccccc1. The number of H-pyrrole nitrogens is 1. The van der Waals surface area contributed by atoms with E-state index in [1.165, 1.54) is 21.9 Å². The largest absolute Gasteiger partial charge is 0.329 e. The summed E-state index contributed by atoms with van der Waals surface area (Å²) in [5.41, 5.74) is 2.10. The van der Waals surface area contributed by atoms with Crippen molar-refractivity contribution in [3.63, 3.8) is 0 Å². The molecular weight excluding hydrogens is 430 g/mol. The minimum Gasteiger partial charge on any atom is -0.313 e. The number of aromatic amines is 1. The summed E-state index contributed by atoms with van der Waals surface area (Å²) >= 11 is 3.01. The Morgan fingerprint density at radius 3 is 2.61 bits per heavy atom. The maximum atomic E-state index is 12.7. The zero-order chi connectivity index (χ0) is 21.4. The van der Waals surface area contributed by atoms with Crippen LogP contribution < -0.4 is 11.2 Å². The topological polar surface area (TPSA) is 85.6 Å². The van der Waals surface area contributed by atoms with Crippen LogP contribution in [0.2, 0.25) is 0 Å². The second-order valence-electron chi connectivity index (χ2n) is 7.18. The highest BCUT2D eigenvalue weighted by atomic mass is 32.2. The Labute approximate surface area is 185 Å². The number of hydrogen-bond acceptors (Lipinski definition) is 6. The number of aryl methyl sites for hydroxylation is 3. The maximum absolute atomic E-state index is 12.7. The lowest BCUT2D eigenvalue weighted by Crippen LogP contribution is -2.29. The molecule has 1 N–H and O–H groups in total. The number of aromatic nitrogens is 5. The third kappa shape index (κ3) is 3.82. The van der Waals surface area contributed by atoms with E-state index < -0.39 is 11.2 Å². The number of rotatable bonds is 6. The monoisotopic (exact) mass is 449 g/mol. The first-order valence-electron chi connectivity index (χ1n) is 9.87. The number of nitrogens with one attached hydrogen (secondary N) is 1. The van der Waals surface area contributed by atoms with Gasteiger partial charge in [-0.2, -0.15) is 0 Å². The maximum Gasteiger partial charge on any atom is 0.329 e. The Hall–Kier alpha value is -3.17. The first kappa shape index (κ1) is 19.8. The minimum atomic E-state index is -0.469. The third-order valence-corrected chi connectivity index (χ3v) is 7.21. The Morgan fingerprint density at radius 2 is 1.81 bits per heavy atom.